The summed E-state index contributed by atoms with van der Waals surface area (Å²) in [5, 5.41) is 0. The van der Waals surface area contributed by atoms with Gasteiger partial charge in [-0.1, -0.05) is 86.5 Å². The molecule has 0 amide bonds. The molecule has 0 N–H and O–H groups in total. The first-order chi connectivity index (χ1) is 11.7. The first-order valence-corrected chi connectivity index (χ1v) is 8.80. The molecule has 0 aliphatic heterocycles. The van der Waals surface area contributed by atoms with Crippen molar-refractivity contribution in [3.05, 3.63) is 76.9 Å². The Morgan fingerprint density at radius 2 is 1.54 bits per heavy atom. The van der Waals surface area contributed by atoms with Crippen molar-refractivity contribution in [1.29, 1.82) is 0 Å². The molecule has 24 heavy (non-hydrogen) atoms. The molecule has 1 aliphatic rings. The van der Waals surface area contributed by atoms with Gasteiger partial charge in [0.1, 0.15) is 6.79 Å². The Balaban J connectivity index is 0.000000408. The fourth-order valence-corrected chi connectivity index (χ4v) is 2.62. The van der Waals surface area contributed by atoms with Gasteiger partial charge < -0.3 is 4.79 Å². The predicted octanol–water partition coefficient (Wildman–Crippen LogP) is 6.57. The molecule has 0 unspecified atom stereocenters. The minimum Gasteiger partial charge on any atom is -0.307 e. The highest BCUT2D eigenvalue weighted by Gasteiger charge is 2.10. The number of fused-ring (bicyclic) bond motifs is 1. The molecule has 1 heteroatoms. The van der Waals surface area contributed by atoms with Gasteiger partial charge in [-0.15, -0.1) is 0 Å². The first-order valence-electron chi connectivity index (χ1n) is 8.80. The van der Waals surface area contributed by atoms with Gasteiger partial charge in [0.15, 0.2) is 0 Å². The lowest BCUT2D eigenvalue weighted by Gasteiger charge is -2.17. The Morgan fingerprint density at radius 3 is 2.04 bits per heavy atom. The fourth-order valence-electron chi connectivity index (χ4n) is 2.62. The van der Waals surface area contributed by atoms with Crippen LogP contribution in [-0.2, 0) is 11.2 Å². The van der Waals surface area contributed by atoms with E-state index in [4.69, 9.17) is 4.79 Å². The minimum absolute atomic E-state index is 1.16. The second-order valence-corrected chi connectivity index (χ2v) is 5.44. The van der Waals surface area contributed by atoms with Gasteiger partial charge in [0.2, 0.25) is 0 Å². The topological polar surface area (TPSA) is 17.1 Å². The summed E-state index contributed by atoms with van der Waals surface area (Å²) >= 11 is 0. The van der Waals surface area contributed by atoms with E-state index in [1.54, 1.807) is 5.56 Å². The van der Waals surface area contributed by atoms with E-state index in [0.29, 0.717) is 0 Å². The number of aryl methyl sites for hydroxylation is 3. The van der Waals surface area contributed by atoms with E-state index in [2.05, 4.69) is 57.2 Å². The summed E-state index contributed by atoms with van der Waals surface area (Å²) in [7, 11) is 0. The summed E-state index contributed by atoms with van der Waals surface area (Å²) in [5.74, 6) is 0. The van der Waals surface area contributed by atoms with Crippen LogP contribution >= 0.6 is 0 Å². The standard InChI is InChI=1S/C13H16.C7H8.C2H6.CH2O/c1-3-11-5-4-6-12-9-10(2)7-8-13(11)12;1-7-5-3-2-4-6-7;2*1-2/h5,7-9H,3-4,6H2,1-2H3;2-6H,1H3;1-2H3;1H2. The van der Waals surface area contributed by atoms with Crippen LogP contribution in [0, 0.1) is 13.8 Å². The summed E-state index contributed by atoms with van der Waals surface area (Å²) in [6, 6.07) is 17.1. The molecule has 1 nitrogen and oxygen atoms in total. The van der Waals surface area contributed by atoms with Gasteiger partial charge in [-0.3, -0.25) is 0 Å². The van der Waals surface area contributed by atoms with Gasteiger partial charge in [-0.25, -0.2) is 0 Å². The van der Waals surface area contributed by atoms with E-state index in [1.165, 1.54) is 35.1 Å². The number of hydrogen-bond donors (Lipinski definition) is 0. The highest BCUT2D eigenvalue weighted by atomic mass is 16.1. The first kappa shape index (κ1) is 21.9. The summed E-state index contributed by atoms with van der Waals surface area (Å²) < 4.78 is 0. The molecule has 2 aromatic rings. The van der Waals surface area contributed by atoms with Gasteiger partial charge in [0, 0.05) is 0 Å². The lowest BCUT2D eigenvalue weighted by atomic mass is 9.88. The number of carbonyl (C=O) groups is 1. The van der Waals surface area contributed by atoms with Crippen molar-refractivity contribution in [2.24, 2.45) is 0 Å². The second kappa shape index (κ2) is 13.3. The maximum atomic E-state index is 8.00. The molecule has 1 aliphatic carbocycles. The third-order valence-corrected chi connectivity index (χ3v) is 3.73. The van der Waals surface area contributed by atoms with Gasteiger partial charge in [0.05, 0.1) is 0 Å². The van der Waals surface area contributed by atoms with E-state index in [-0.39, 0.29) is 0 Å². The SMILES string of the molecule is C=O.CC.CCC1=CCCc2cc(C)ccc21.Cc1ccccc1. The molecule has 0 radical (unpaired) electrons. The van der Waals surface area contributed by atoms with Crippen LogP contribution in [0.2, 0.25) is 0 Å². The quantitative estimate of drug-likeness (QED) is 0.579. The molecule has 0 heterocycles. The van der Waals surface area contributed by atoms with Crippen molar-refractivity contribution in [1.82, 2.24) is 0 Å². The molecule has 0 aromatic heterocycles. The fraction of sp³-hybridized carbons (Fsp3) is 0.348. The molecular weight excluding hydrogens is 292 g/mol. The lowest BCUT2D eigenvalue weighted by molar-refractivity contribution is -0.0979. The van der Waals surface area contributed by atoms with Crippen LogP contribution in [0.1, 0.15) is 55.9 Å². The van der Waals surface area contributed by atoms with Crippen molar-refractivity contribution in [3.8, 4) is 0 Å². The Bertz CT molecular complexity index is 597. The number of hydrogen-bond acceptors (Lipinski definition) is 1. The minimum atomic E-state index is 1.16. The number of rotatable bonds is 1. The third kappa shape index (κ3) is 7.41. The lowest BCUT2D eigenvalue weighted by Crippen LogP contribution is -1.99. The highest BCUT2D eigenvalue weighted by Crippen LogP contribution is 2.28. The van der Waals surface area contributed by atoms with Crippen LogP contribution in [0.4, 0.5) is 0 Å². The van der Waals surface area contributed by atoms with Crippen LogP contribution in [0.5, 0.6) is 0 Å². The van der Waals surface area contributed by atoms with Gasteiger partial charge in [-0.05, 0) is 49.8 Å². The highest BCUT2D eigenvalue weighted by molar-refractivity contribution is 5.70. The molecule has 0 bridgehead atoms. The van der Waals surface area contributed by atoms with E-state index in [1.807, 2.05) is 38.8 Å². The van der Waals surface area contributed by atoms with E-state index < -0.39 is 0 Å². The molecule has 0 atom stereocenters. The monoisotopic (exact) mass is 324 g/mol. The normalized spacial score (nSPS) is 11.1. The summed E-state index contributed by atoms with van der Waals surface area (Å²) in [4.78, 5) is 8.00. The van der Waals surface area contributed by atoms with Crippen LogP contribution in [0.25, 0.3) is 5.57 Å². The zero-order valence-electron chi connectivity index (χ0n) is 15.9. The third-order valence-electron chi connectivity index (χ3n) is 3.73. The molecule has 0 fully saturated rings. The van der Waals surface area contributed by atoms with E-state index in [0.717, 1.165) is 6.42 Å². The summed E-state index contributed by atoms with van der Waals surface area (Å²) in [6.45, 7) is 12.5. The molecule has 3 rings (SSSR count). The number of allylic oxidation sites excluding steroid dienone is 2. The smallest absolute Gasteiger partial charge is 0.106 e. The van der Waals surface area contributed by atoms with Gasteiger partial charge >= 0.3 is 0 Å². The zero-order chi connectivity index (χ0) is 18.4. The Kier molecular flexibility index (Phi) is 12.1. The van der Waals surface area contributed by atoms with E-state index in [9.17, 15) is 0 Å². The van der Waals surface area contributed by atoms with Crippen LogP contribution < -0.4 is 0 Å². The summed E-state index contributed by atoms with van der Waals surface area (Å²) in [6.07, 6.45) is 5.99. The average Bonchev–Trinajstić information content (AvgIpc) is 2.65. The Morgan fingerprint density at radius 1 is 0.917 bits per heavy atom. The maximum absolute atomic E-state index is 8.00. The van der Waals surface area contributed by atoms with Crippen molar-refractivity contribution >= 4 is 12.4 Å². The van der Waals surface area contributed by atoms with Crippen molar-refractivity contribution in [3.63, 3.8) is 0 Å². The molecule has 0 spiro atoms. The Labute approximate surface area is 148 Å². The maximum Gasteiger partial charge on any atom is 0.106 e. The molecular formula is C23H32O. The van der Waals surface area contributed by atoms with Crippen LogP contribution in [0.15, 0.2) is 54.6 Å². The van der Waals surface area contributed by atoms with Gasteiger partial charge in [0.25, 0.3) is 0 Å². The van der Waals surface area contributed by atoms with Gasteiger partial charge in [-0.2, -0.15) is 0 Å². The van der Waals surface area contributed by atoms with Crippen molar-refractivity contribution < 1.29 is 4.79 Å². The van der Waals surface area contributed by atoms with E-state index >= 15 is 0 Å². The van der Waals surface area contributed by atoms with Crippen molar-refractivity contribution in [2.45, 2.75) is 53.9 Å². The average molecular weight is 325 g/mol. The molecule has 0 saturated carbocycles. The number of benzene rings is 2. The van der Waals surface area contributed by atoms with Crippen molar-refractivity contribution in [2.75, 3.05) is 0 Å². The Hall–Kier alpha value is -2.15. The second-order valence-electron chi connectivity index (χ2n) is 5.44. The van der Waals surface area contributed by atoms with Crippen LogP contribution in [-0.4, -0.2) is 6.79 Å². The van der Waals surface area contributed by atoms with Crippen LogP contribution in [0.3, 0.4) is 0 Å². The molecule has 130 valence electrons. The molecule has 2 aromatic carbocycles. The molecule has 0 saturated heterocycles. The zero-order valence-corrected chi connectivity index (χ0v) is 15.9. The predicted molar refractivity (Wildman–Crippen MR) is 107 cm³/mol. The number of carbonyl (C=O) groups excluding carboxylic acids is 1. The largest absolute Gasteiger partial charge is 0.307 e. The summed E-state index contributed by atoms with van der Waals surface area (Å²) in [5.41, 5.74) is 7.26.